The molecule has 120 valence electrons. The van der Waals surface area contributed by atoms with Gasteiger partial charge in [0.25, 0.3) is 5.91 Å². The van der Waals surface area contributed by atoms with Gasteiger partial charge < -0.3 is 20.2 Å². The molecule has 2 rings (SSSR count). The summed E-state index contributed by atoms with van der Waals surface area (Å²) in [6, 6.07) is 8.68. The predicted octanol–water partition coefficient (Wildman–Crippen LogP) is 2.93. The number of hydrogen-bond donors (Lipinski definition) is 1. The minimum atomic E-state index is -0.635. The van der Waals surface area contributed by atoms with E-state index in [1.165, 1.54) is 6.07 Å². The van der Waals surface area contributed by atoms with E-state index in [0.717, 1.165) is 11.1 Å². The summed E-state index contributed by atoms with van der Waals surface area (Å²) in [6.45, 7) is 5.17. The number of rotatable bonds is 5. The smallest absolute Gasteiger partial charge is 0.406 e. The van der Waals surface area contributed by atoms with Crippen LogP contribution in [-0.4, -0.2) is 22.4 Å². The SMILES string of the molecule is Cc1cc(C)cc(NC(=O)COc2ccc(C)nc2[N+](=O)[O-])c1. The summed E-state index contributed by atoms with van der Waals surface area (Å²) < 4.78 is 5.23. The van der Waals surface area contributed by atoms with Gasteiger partial charge in [-0.25, -0.2) is 0 Å². The fourth-order valence-corrected chi connectivity index (χ4v) is 2.16. The molecule has 0 spiro atoms. The molecule has 0 saturated carbocycles. The van der Waals surface area contributed by atoms with Gasteiger partial charge in [0.15, 0.2) is 6.61 Å². The Balaban J connectivity index is 2.03. The number of anilines is 1. The Bertz CT molecular complexity index is 739. The van der Waals surface area contributed by atoms with Crippen LogP contribution in [-0.2, 0) is 4.79 Å². The van der Waals surface area contributed by atoms with Crippen LogP contribution >= 0.6 is 0 Å². The van der Waals surface area contributed by atoms with Gasteiger partial charge in [-0.05, 0) is 59.1 Å². The molecule has 7 heteroatoms. The number of aromatic nitrogens is 1. The van der Waals surface area contributed by atoms with Gasteiger partial charge in [-0.1, -0.05) is 6.07 Å². The Morgan fingerprint density at radius 1 is 1.22 bits per heavy atom. The van der Waals surface area contributed by atoms with Gasteiger partial charge in [-0.3, -0.25) is 4.79 Å². The molecule has 0 atom stereocenters. The van der Waals surface area contributed by atoms with E-state index in [2.05, 4.69) is 10.3 Å². The summed E-state index contributed by atoms with van der Waals surface area (Å²) in [6.07, 6.45) is 0. The average Bonchev–Trinajstić information content (AvgIpc) is 2.44. The van der Waals surface area contributed by atoms with E-state index < -0.39 is 16.6 Å². The summed E-state index contributed by atoms with van der Waals surface area (Å²) in [5, 5.41) is 13.6. The number of nitrogens with one attached hydrogen (secondary N) is 1. The van der Waals surface area contributed by atoms with E-state index in [-0.39, 0.29) is 12.4 Å². The molecular weight excluding hydrogens is 298 g/mol. The second-order valence-electron chi connectivity index (χ2n) is 5.24. The zero-order valence-electron chi connectivity index (χ0n) is 13.1. The van der Waals surface area contributed by atoms with Crippen LogP contribution in [0.4, 0.5) is 11.5 Å². The quantitative estimate of drug-likeness (QED) is 0.676. The molecule has 0 saturated heterocycles. The Hall–Kier alpha value is -2.96. The normalized spacial score (nSPS) is 10.2. The molecule has 0 bridgehead atoms. The molecule has 0 aliphatic heterocycles. The van der Waals surface area contributed by atoms with E-state index in [1.54, 1.807) is 13.0 Å². The third kappa shape index (κ3) is 4.50. The first-order valence-corrected chi connectivity index (χ1v) is 6.98. The van der Waals surface area contributed by atoms with Crippen LogP contribution in [0.3, 0.4) is 0 Å². The lowest BCUT2D eigenvalue weighted by Crippen LogP contribution is -2.20. The number of carbonyl (C=O) groups is 1. The maximum atomic E-state index is 11.9. The number of nitro groups is 1. The maximum Gasteiger partial charge on any atom is 0.406 e. The minimum absolute atomic E-state index is 0.0313. The van der Waals surface area contributed by atoms with Crippen molar-refractivity contribution in [1.82, 2.24) is 4.98 Å². The Kier molecular flexibility index (Phi) is 4.90. The number of amides is 1. The number of nitrogens with zero attached hydrogens (tertiary/aromatic N) is 2. The first-order valence-electron chi connectivity index (χ1n) is 6.98. The largest absolute Gasteiger partial charge is 0.476 e. The molecule has 1 N–H and O–H groups in total. The first-order chi connectivity index (χ1) is 10.8. The molecule has 0 fully saturated rings. The molecule has 2 aromatic rings. The molecule has 7 nitrogen and oxygen atoms in total. The van der Waals surface area contributed by atoms with Crippen molar-refractivity contribution in [3.05, 3.63) is 57.3 Å². The third-order valence-corrected chi connectivity index (χ3v) is 3.02. The van der Waals surface area contributed by atoms with E-state index >= 15 is 0 Å². The summed E-state index contributed by atoms with van der Waals surface area (Å²) >= 11 is 0. The number of hydrogen-bond acceptors (Lipinski definition) is 5. The molecule has 1 heterocycles. The first kappa shape index (κ1) is 16.4. The Morgan fingerprint density at radius 3 is 2.48 bits per heavy atom. The topological polar surface area (TPSA) is 94.4 Å². The van der Waals surface area contributed by atoms with Gasteiger partial charge in [0.05, 0.1) is 0 Å². The molecule has 0 aliphatic carbocycles. The van der Waals surface area contributed by atoms with Gasteiger partial charge >= 0.3 is 5.82 Å². The molecule has 1 aromatic carbocycles. The zero-order chi connectivity index (χ0) is 17.0. The van der Waals surface area contributed by atoms with Crippen LogP contribution in [0.2, 0.25) is 0 Å². The lowest BCUT2D eigenvalue weighted by Gasteiger charge is -2.09. The van der Waals surface area contributed by atoms with Crippen LogP contribution in [0.15, 0.2) is 30.3 Å². The van der Waals surface area contributed by atoms with Gasteiger partial charge in [-0.2, -0.15) is 0 Å². The van der Waals surface area contributed by atoms with Crippen LogP contribution in [0.25, 0.3) is 0 Å². The van der Waals surface area contributed by atoms with Crippen molar-refractivity contribution in [2.75, 3.05) is 11.9 Å². The van der Waals surface area contributed by atoms with E-state index in [9.17, 15) is 14.9 Å². The molecular formula is C16H17N3O4. The highest BCUT2D eigenvalue weighted by molar-refractivity contribution is 5.92. The summed E-state index contributed by atoms with van der Waals surface area (Å²) in [5.74, 6) is -0.828. The summed E-state index contributed by atoms with van der Waals surface area (Å²) in [5.41, 5.74) is 3.22. The van der Waals surface area contributed by atoms with Crippen LogP contribution in [0.1, 0.15) is 16.8 Å². The van der Waals surface area contributed by atoms with Crippen molar-refractivity contribution in [1.29, 1.82) is 0 Å². The average molecular weight is 315 g/mol. The predicted molar refractivity (Wildman–Crippen MR) is 85.7 cm³/mol. The van der Waals surface area contributed by atoms with E-state index in [1.807, 2.05) is 32.0 Å². The van der Waals surface area contributed by atoms with E-state index in [4.69, 9.17) is 4.74 Å². The fraction of sp³-hybridized carbons (Fsp3) is 0.250. The minimum Gasteiger partial charge on any atom is -0.476 e. The maximum absolute atomic E-state index is 11.9. The monoisotopic (exact) mass is 315 g/mol. The lowest BCUT2D eigenvalue weighted by atomic mass is 10.1. The lowest BCUT2D eigenvalue weighted by molar-refractivity contribution is -0.390. The van der Waals surface area contributed by atoms with Gasteiger partial charge in [0.2, 0.25) is 5.75 Å². The van der Waals surface area contributed by atoms with Crippen molar-refractivity contribution >= 4 is 17.4 Å². The number of pyridine rings is 1. The molecule has 0 unspecified atom stereocenters. The number of aryl methyl sites for hydroxylation is 3. The highest BCUT2D eigenvalue weighted by Crippen LogP contribution is 2.24. The number of benzene rings is 1. The second kappa shape index (κ2) is 6.87. The fourth-order valence-electron chi connectivity index (χ4n) is 2.16. The van der Waals surface area contributed by atoms with E-state index in [0.29, 0.717) is 11.4 Å². The highest BCUT2D eigenvalue weighted by Gasteiger charge is 2.18. The van der Waals surface area contributed by atoms with Gasteiger partial charge in [-0.15, -0.1) is 0 Å². The standard InChI is InChI=1S/C16H17N3O4/c1-10-6-11(2)8-13(7-10)18-15(20)9-23-14-5-4-12(3)17-16(14)19(21)22/h4-8H,9H2,1-3H3,(H,18,20). The molecule has 1 aromatic heterocycles. The Labute approximate surface area is 133 Å². The third-order valence-electron chi connectivity index (χ3n) is 3.02. The summed E-state index contributed by atoms with van der Waals surface area (Å²) in [4.78, 5) is 26.0. The van der Waals surface area contributed by atoms with Crippen molar-refractivity contribution in [3.8, 4) is 5.75 Å². The number of carbonyl (C=O) groups excluding carboxylic acids is 1. The van der Waals surface area contributed by atoms with Crippen LogP contribution in [0.5, 0.6) is 5.75 Å². The van der Waals surface area contributed by atoms with Gasteiger partial charge in [0, 0.05) is 12.6 Å². The molecule has 23 heavy (non-hydrogen) atoms. The van der Waals surface area contributed by atoms with Crippen molar-refractivity contribution in [2.45, 2.75) is 20.8 Å². The summed E-state index contributed by atoms with van der Waals surface area (Å²) in [7, 11) is 0. The van der Waals surface area contributed by atoms with Gasteiger partial charge in [0.1, 0.15) is 5.69 Å². The van der Waals surface area contributed by atoms with Crippen molar-refractivity contribution < 1.29 is 14.5 Å². The molecule has 1 amide bonds. The van der Waals surface area contributed by atoms with Crippen molar-refractivity contribution in [2.24, 2.45) is 0 Å². The highest BCUT2D eigenvalue weighted by atomic mass is 16.6. The zero-order valence-corrected chi connectivity index (χ0v) is 13.1. The molecule has 0 radical (unpaired) electrons. The Morgan fingerprint density at radius 2 is 1.87 bits per heavy atom. The number of ether oxygens (including phenoxy) is 1. The second-order valence-corrected chi connectivity index (χ2v) is 5.24. The van der Waals surface area contributed by atoms with Crippen LogP contribution in [0, 0.1) is 30.9 Å². The van der Waals surface area contributed by atoms with Crippen molar-refractivity contribution in [3.63, 3.8) is 0 Å². The van der Waals surface area contributed by atoms with Crippen LogP contribution < -0.4 is 10.1 Å². The molecule has 0 aliphatic rings.